The average Bonchev–Trinajstić information content (AvgIpc) is 2.31. The van der Waals surface area contributed by atoms with Crippen LogP contribution in [0.5, 0.6) is 0 Å². The Morgan fingerprint density at radius 2 is 2.00 bits per heavy atom. The summed E-state index contributed by atoms with van der Waals surface area (Å²) in [5, 5.41) is 2.85. The Labute approximate surface area is 95.6 Å². The van der Waals surface area contributed by atoms with Crippen molar-refractivity contribution in [2.24, 2.45) is 5.73 Å². The van der Waals surface area contributed by atoms with Crippen molar-refractivity contribution in [1.82, 2.24) is 5.32 Å². The van der Waals surface area contributed by atoms with E-state index in [1.54, 1.807) is 20.0 Å². The van der Waals surface area contributed by atoms with Gasteiger partial charge in [0.15, 0.2) is 0 Å². The van der Waals surface area contributed by atoms with Crippen molar-refractivity contribution in [2.75, 3.05) is 21.3 Å². The number of likely N-dealkylation sites (N-methyl/N-ethyl adjacent to an activating group) is 1. The van der Waals surface area contributed by atoms with E-state index in [1.807, 2.05) is 0 Å². The maximum absolute atomic E-state index is 11.3. The highest BCUT2D eigenvalue weighted by atomic mass is 16.5. The zero-order valence-electron chi connectivity index (χ0n) is 10.0. The summed E-state index contributed by atoms with van der Waals surface area (Å²) < 4.78 is 9.44. The lowest BCUT2D eigenvalue weighted by Gasteiger charge is -2.07. The molecule has 90 valence electrons. The molecule has 0 bridgehead atoms. The highest BCUT2D eigenvalue weighted by Crippen LogP contribution is 2.06. The monoisotopic (exact) mass is 226 g/mol. The molecule has 3 N–H and O–H groups in total. The molecule has 0 fully saturated rings. The summed E-state index contributed by atoms with van der Waals surface area (Å²) in [5.41, 5.74) is 7.15. The molecule has 0 aromatic rings. The molecule has 5 heteroatoms. The van der Waals surface area contributed by atoms with Crippen LogP contribution in [0.15, 0.2) is 35.4 Å². The quantitative estimate of drug-likeness (QED) is 0.312. The van der Waals surface area contributed by atoms with Crippen LogP contribution in [0, 0.1) is 0 Å². The molecule has 0 heterocycles. The zero-order chi connectivity index (χ0) is 12.6. The summed E-state index contributed by atoms with van der Waals surface area (Å²) in [7, 11) is 4.54. The van der Waals surface area contributed by atoms with Crippen molar-refractivity contribution in [3.8, 4) is 0 Å². The molecule has 0 aliphatic rings. The van der Waals surface area contributed by atoms with Crippen LogP contribution in [-0.2, 0) is 14.3 Å². The van der Waals surface area contributed by atoms with Crippen LogP contribution < -0.4 is 11.1 Å². The maximum atomic E-state index is 11.3. The minimum Gasteiger partial charge on any atom is -0.502 e. The summed E-state index contributed by atoms with van der Waals surface area (Å²) in [5.74, 6) is -0.432. The number of esters is 1. The number of carbonyl (C=O) groups is 1. The number of methoxy groups -OCH3 is 2. The fourth-order valence-electron chi connectivity index (χ4n) is 1.01. The van der Waals surface area contributed by atoms with E-state index in [4.69, 9.17) is 10.5 Å². The van der Waals surface area contributed by atoms with Crippen molar-refractivity contribution < 1.29 is 14.3 Å². The summed E-state index contributed by atoms with van der Waals surface area (Å²) in [6.45, 7) is 1.73. The first-order valence-electron chi connectivity index (χ1n) is 4.73. The number of hydrogen-bond donors (Lipinski definition) is 2. The van der Waals surface area contributed by atoms with Gasteiger partial charge in [-0.1, -0.05) is 6.08 Å². The third-order valence-electron chi connectivity index (χ3n) is 1.86. The summed E-state index contributed by atoms with van der Waals surface area (Å²) in [4.78, 5) is 11.3. The number of ether oxygens (including phenoxy) is 2. The molecule has 0 amide bonds. The molecule has 0 spiro atoms. The van der Waals surface area contributed by atoms with Gasteiger partial charge in [-0.15, -0.1) is 0 Å². The van der Waals surface area contributed by atoms with Crippen LogP contribution in [0.25, 0.3) is 0 Å². The van der Waals surface area contributed by atoms with Gasteiger partial charge in [-0.3, -0.25) is 0 Å². The number of rotatable bonds is 5. The molecule has 0 aromatic heterocycles. The third kappa shape index (κ3) is 4.08. The summed E-state index contributed by atoms with van der Waals surface area (Å²) in [6.07, 6.45) is 4.60. The van der Waals surface area contributed by atoms with Crippen LogP contribution in [0.4, 0.5) is 0 Å². The van der Waals surface area contributed by atoms with Gasteiger partial charge in [0.25, 0.3) is 0 Å². The molecular formula is C11H18N2O3. The highest BCUT2D eigenvalue weighted by molar-refractivity contribution is 5.91. The van der Waals surface area contributed by atoms with E-state index < -0.39 is 5.97 Å². The first kappa shape index (κ1) is 14.1. The molecule has 0 atom stereocenters. The lowest BCUT2D eigenvalue weighted by atomic mass is 10.2. The van der Waals surface area contributed by atoms with Crippen molar-refractivity contribution in [2.45, 2.75) is 6.92 Å². The van der Waals surface area contributed by atoms with Crippen molar-refractivity contribution in [3.05, 3.63) is 35.4 Å². The Morgan fingerprint density at radius 1 is 1.38 bits per heavy atom. The molecule has 16 heavy (non-hydrogen) atoms. The molecule has 0 aliphatic heterocycles. The van der Waals surface area contributed by atoms with Gasteiger partial charge in [0, 0.05) is 7.05 Å². The Balaban J connectivity index is 5.00. The number of nitrogens with two attached hydrogens (primary N) is 1. The molecule has 0 aromatic carbocycles. The lowest BCUT2D eigenvalue weighted by Crippen LogP contribution is -2.16. The average molecular weight is 226 g/mol. The second-order valence-corrected chi connectivity index (χ2v) is 2.85. The van der Waals surface area contributed by atoms with E-state index in [0.29, 0.717) is 17.0 Å². The van der Waals surface area contributed by atoms with Crippen LogP contribution >= 0.6 is 0 Å². The van der Waals surface area contributed by atoms with Crippen LogP contribution in [0.2, 0.25) is 0 Å². The van der Waals surface area contributed by atoms with Crippen molar-refractivity contribution >= 4 is 5.97 Å². The van der Waals surface area contributed by atoms with Crippen LogP contribution in [-0.4, -0.2) is 27.2 Å². The Bertz CT molecular complexity index is 330. The molecule has 0 aliphatic carbocycles. The number of carbonyl (C=O) groups excluding carboxylic acids is 1. The minimum atomic E-state index is -0.432. The molecule has 0 saturated carbocycles. The topological polar surface area (TPSA) is 73.6 Å². The third-order valence-corrected chi connectivity index (χ3v) is 1.86. The molecule has 5 nitrogen and oxygen atoms in total. The molecule has 0 unspecified atom stereocenters. The first-order chi connectivity index (χ1) is 7.60. The lowest BCUT2D eigenvalue weighted by molar-refractivity contribution is -0.135. The summed E-state index contributed by atoms with van der Waals surface area (Å²) >= 11 is 0. The molecule has 0 radical (unpaired) electrons. The Kier molecular flexibility index (Phi) is 6.51. The summed E-state index contributed by atoms with van der Waals surface area (Å²) in [6, 6.07) is 0. The van der Waals surface area contributed by atoms with Gasteiger partial charge in [-0.05, 0) is 13.0 Å². The predicted molar refractivity (Wildman–Crippen MR) is 62.2 cm³/mol. The van der Waals surface area contributed by atoms with E-state index in [2.05, 4.69) is 10.1 Å². The zero-order valence-corrected chi connectivity index (χ0v) is 10.0. The smallest absolute Gasteiger partial charge is 0.337 e. The molecular weight excluding hydrogens is 208 g/mol. The highest BCUT2D eigenvalue weighted by Gasteiger charge is 2.07. The number of allylic oxidation sites excluding steroid dienone is 1. The van der Waals surface area contributed by atoms with Gasteiger partial charge in [0.05, 0.1) is 31.2 Å². The van der Waals surface area contributed by atoms with Crippen LogP contribution in [0.3, 0.4) is 0 Å². The standard InChI is InChI=1S/C11H18N2O3/c1-5-8(11(14)16-4)6-9(12)10(13-2)7-15-3/h5-7,13H,12H2,1-4H3/b8-5+,9-6+,10-7-. The maximum Gasteiger partial charge on any atom is 0.337 e. The van der Waals surface area contributed by atoms with Gasteiger partial charge in [0.2, 0.25) is 0 Å². The van der Waals surface area contributed by atoms with E-state index >= 15 is 0 Å². The van der Waals surface area contributed by atoms with E-state index in [1.165, 1.54) is 26.6 Å². The fourth-order valence-corrected chi connectivity index (χ4v) is 1.01. The first-order valence-corrected chi connectivity index (χ1v) is 4.73. The van der Waals surface area contributed by atoms with Gasteiger partial charge in [0.1, 0.15) is 6.26 Å². The van der Waals surface area contributed by atoms with E-state index in [-0.39, 0.29) is 0 Å². The minimum absolute atomic E-state index is 0.386. The SMILES string of the molecule is C\C=C(/C=C(N)\C(=C\OC)NC)C(=O)OC. The molecule has 0 rings (SSSR count). The molecule has 0 saturated heterocycles. The largest absolute Gasteiger partial charge is 0.502 e. The second kappa shape index (κ2) is 7.39. The van der Waals surface area contributed by atoms with Gasteiger partial charge in [-0.25, -0.2) is 4.79 Å². The second-order valence-electron chi connectivity index (χ2n) is 2.85. The van der Waals surface area contributed by atoms with Crippen LogP contribution in [0.1, 0.15) is 6.92 Å². The predicted octanol–water partition coefficient (Wildman–Crippen LogP) is 0.655. The van der Waals surface area contributed by atoms with Gasteiger partial charge in [-0.2, -0.15) is 0 Å². The van der Waals surface area contributed by atoms with Crippen molar-refractivity contribution in [1.29, 1.82) is 0 Å². The van der Waals surface area contributed by atoms with Gasteiger partial charge >= 0.3 is 5.97 Å². The van der Waals surface area contributed by atoms with E-state index in [0.717, 1.165) is 0 Å². The van der Waals surface area contributed by atoms with Gasteiger partial charge < -0.3 is 20.5 Å². The Morgan fingerprint density at radius 3 is 2.38 bits per heavy atom. The Hall–Kier alpha value is -1.91. The normalized spacial score (nSPS) is 13.4. The number of nitrogens with one attached hydrogen (secondary N) is 1. The number of hydrogen-bond acceptors (Lipinski definition) is 5. The fraction of sp³-hybridized carbons (Fsp3) is 0.364. The van der Waals surface area contributed by atoms with E-state index in [9.17, 15) is 4.79 Å². The van der Waals surface area contributed by atoms with Crippen molar-refractivity contribution in [3.63, 3.8) is 0 Å².